The van der Waals surface area contributed by atoms with Gasteiger partial charge in [0.15, 0.2) is 0 Å². The van der Waals surface area contributed by atoms with Crippen molar-refractivity contribution in [2.24, 2.45) is 0 Å². The van der Waals surface area contributed by atoms with E-state index in [0.717, 1.165) is 16.6 Å². The second-order valence-corrected chi connectivity index (χ2v) is 5.33. The van der Waals surface area contributed by atoms with Crippen LogP contribution < -0.4 is 11.1 Å². The Morgan fingerprint density at radius 3 is 2.79 bits per heavy atom. The summed E-state index contributed by atoms with van der Waals surface area (Å²) >= 11 is 3.58. The minimum Gasteiger partial charge on any atom is -0.383 e. The smallest absolute Gasteiger partial charge is 0.128 e. The Labute approximate surface area is 122 Å². The lowest BCUT2D eigenvalue weighted by atomic mass is 9.98. The van der Waals surface area contributed by atoms with E-state index in [1.807, 2.05) is 12.1 Å². The maximum absolute atomic E-state index is 5.99. The maximum Gasteiger partial charge on any atom is 0.128 e. The number of benzene rings is 1. The third kappa shape index (κ3) is 3.14. The van der Waals surface area contributed by atoms with Crippen molar-refractivity contribution in [1.29, 1.82) is 0 Å². The van der Waals surface area contributed by atoms with Gasteiger partial charge in [-0.25, -0.2) is 4.98 Å². The largest absolute Gasteiger partial charge is 0.383 e. The fourth-order valence-corrected chi connectivity index (χ4v) is 2.47. The van der Waals surface area contributed by atoms with Gasteiger partial charge >= 0.3 is 0 Å². The molecule has 0 spiro atoms. The zero-order chi connectivity index (χ0) is 13.8. The molecule has 2 rings (SSSR count). The van der Waals surface area contributed by atoms with Gasteiger partial charge in [-0.1, -0.05) is 41.1 Å². The third-order valence-electron chi connectivity index (χ3n) is 3.12. The molecule has 0 saturated heterocycles. The van der Waals surface area contributed by atoms with E-state index < -0.39 is 0 Å². The molecule has 3 nitrogen and oxygen atoms in total. The van der Waals surface area contributed by atoms with Gasteiger partial charge in [0.05, 0.1) is 6.04 Å². The first-order valence-corrected chi connectivity index (χ1v) is 7.12. The van der Waals surface area contributed by atoms with E-state index in [2.05, 4.69) is 58.3 Å². The van der Waals surface area contributed by atoms with Gasteiger partial charge in [0.2, 0.25) is 0 Å². The first-order valence-electron chi connectivity index (χ1n) is 6.33. The van der Waals surface area contributed by atoms with Crippen molar-refractivity contribution in [2.75, 3.05) is 12.3 Å². The number of nitrogens with one attached hydrogen (secondary N) is 1. The molecule has 1 heterocycles. The van der Waals surface area contributed by atoms with Gasteiger partial charge in [-0.3, -0.25) is 0 Å². The van der Waals surface area contributed by atoms with Crippen LogP contribution in [0.5, 0.6) is 0 Å². The van der Waals surface area contributed by atoms with Crippen LogP contribution in [0.1, 0.15) is 29.7 Å². The Morgan fingerprint density at radius 2 is 2.16 bits per heavy atom. The number of nitrogens with two attached hydrogens (primary N) is 1. The van der Waals surface area contributed by atoms with Crippen molar-refractivity contribution >= 4 is 21.7 Å². The Kier molecular flexibility index (Phi) is 4.56. The van der Waals surface area contributed by atoms with Crippen molar-refractivity contribution < 1.29 is 0 Å². The van der Waals surface area contributed by atoms with Gasteiger partial charge in [-0.05, 0) is 36.7 Å². The van der Waals surface area contributed by atoms with Crippen LogP contribution >= 0.6 is 15.9 Å². The first kappa shape index (κ1) is 14.0. The first-order chi connectivity index (χ1) is 9.13. The van der Waals surface area contributed by atoms with Gasteiger partial charge in [0.1, 0.15) is 5.82 Å². The summed E-state index contributed by atoms with van der Waals surface area (Å²) in [6.45, 7) is 5.03. The zero-order valence-corrected chi connectivity index (χ0v) is 12.7. The van der Waals surface area contributed by atoms with Crippen LogP contribution in [0.15, 0.2) is 41.0 Å². The van der Waals surface area contributed by atoms with E-state index in [-0.39, 0.29) is 6.04 Å². The van der Waals surface area contributed by atoms with Crippen molar-refractivity contribution in [3.63, 3.8) is 0 Å². The highest BCUT2D eigenvalue weighted by molar-refractivity contribution is 9.10. The van der Waals surface area contributed by atoms with Gasteiger partial charge < -0.3 is 11.1 Å². The Bertz CT molecular complexity index is 569. The normalized spacial score (nSPS) is 12.4. The molecule has 0 aliphatic rings. The minimum atomic E-state index is 0.0654. The number of aromatic nitrogens is 1. The summed E-state index contributed by atoms with van der Waals surface area (Å²) in [5.41, 5.74) is 9.41. The van der Waals surface area contributed by atoms with Crippen LogP contribution in [0.4, 0.5) is 5.82 Å². The van der Waals surface area contributed by atoms with Crippen molar-refractivity contribution in [3.8, 4) is 0 Å². The summed E-state index contributed by atoms with van der Waals surface area (Å²) in [4.78, 5) is 4.17. The number of pyridine rings is 1. The molecule has 2 aromatic rings. The predicted molar refractivity (Wildman–Crippen MR) is 83.0 cm³/mol. The fraction of sp³-hybridized carbons (Fsp3) is 0.267. The molecule has 0 radical (unpaired) electrons. The molecule has 0 amide bonds. The number of hydrogen-bond donors (Lipinski definition) is 2. The van der Waals surface area contributed by atoms with E-state index in [1.165, 1.54) is 11.1 Å². The highest BCUT2D eigenvalue weighted by Gasteiger charge is 2.16. The summed E-state index contributed by atoms with van der Waals surface area (Å²) in [7, 11) is 0. The van der Waals surface area contributed by atoms with E-state index in [9.17, 15) is 0 Å². The summed E-state index contributed by atoms with van der Waals surface area (Å²) in [5.74, 6) is 0.574. The van der Waals surface area contributed by atoms with Crippen LogP contribution in [0, 0.1) is 6.92 Å². The topological polar surface area (TPSA) is 50.9 Å². The van der Waals surface area contributed by atoms with Crippen molar-refractivity contribution in [1.82, 2.24) is 10.3 Å². The summed E-state index contributed by atoms with van der Waals surface area (Å²) in [5, 5.41) is 3.46. The molecule has 1 atom stereocenters. The molecule has 1 unspecified atom stereocenters. The lowest BCUT2D eigenvalue weighted by Crippen LogP contribution is -2.23. The Hall–Kier alpha value is -1.39. The lowest BCUT2D eigenvalue weighted by molar-refractivity contribution is 0.630. The summed E-state index contributed by atoms with van der Waals surface area (Å²) < 4.78 is 1.11. The molecule has 100 valence electrons. The van der Waals surface area contributed by atoms with Crippen LogP contribution in [0.3, 0.4) is 0 Å². The standard InChI is InChI=1S/C15H18BrN3/c1-3-18-14(12-5-4-8-19-15(12)17)11-7-6-10(2)13(16)9-11/h4-9,14,18H,3H2,1-2H3,(H2,17,19). The number of nitrogens with zero attached hydrogens (tertiary/aromatic N) is 1. The maximum atomic E-state index is 5.99. The van der Waals surface area contributed by atoms with Gasteiger partial charge in [0, 0.05) is 16.2 Å². The predicted octanol–water partition coefficient (Wildman–Crippen LogP) is 3.43. The molecule has 0 saturated carbocycles. The number of hydrogen-bond acceptors (Lipinski definition) is 3. The zero-order valence-electron chi connectivity index (χ0n) is 11.2. The number of nitrogen functional groups attached to an aromatic ring is 1. The highest BCUT2D eigenvalue weighted by atomic mass is 79.9. The monoisotopic (exact) mass is 319 g/mol. The van der Waals surface area contributed by atoms with E-state index in [1.54, 1.807) is 6.20 Å². The minimum absolute atomic E-state index is 0.0654. The van der Waals surface area contributed by atoms with E-state index >= 15 is 0 Å². The van der Waals surface area contributed by atoms with Crippen LogP contribution in [0.2, 0.25) is 0 Å². The number of aryl methyl sites for hydroxylation is 1. The Balaban J connectivity index is 2.45. The molecule has 0 aliphatic carbocycles. The SMILES string of the molecule is CCNC(c1ccc(C)c(Br)c1)c1cccnc1N. The third-order valence-corrected chi connectivity index (χ3v) is 3.97. The quantitative estimate of drug-likeness (QED) is 0.907. The molecular formula is C15H18BrN3. The Morgan fingerprint density at radius 1 is 1.37 bits per heavy atom. The average molecular weight is 320 g/mol. The molecule has 0 fully saturated rings. The number of anilines is 1. The molecule has 1 aromatic carbocycles. The van der Waals surface area contributed by atoms with Crippen molar-refractivity contribution in [3.05, 3.63) is 57.7 Å². The van der Waals surface area contributed by atoms with Crippen LogP contribution in [-0.2, 0) is 0 Å². The number of halogens is 1. The molecule has 4 heteroatoms. The molecule has 3 N–H and O–H groups in total. The summed E-state index contributed by atoms with van der Waals surface area (Å²) in [6.07, 6.45) is 1.72. The highest BCUT2D eigenvalue weighted by Crippen LogP contribution is 2.28. The van der Waals surface area contributed by atoms with Crippen molar-refractivity contribution in [2.45, 2.75) is 19.9 Å². The molecule has 19 heavy (non-hydrogen) atoms. The molecule has 0 aliphatic heterocycles. The van der Waals surface area contributed by atoms with Gasteiger partial charge in [0.25, 0.3) is 0 Å². The molecule has 1 aromatic heterocycles. The van der Waals surface area contributed by atoms with E-state index in [4.69, 9.17) is 5.73 Å². The van der Waals surface area contributed by atoms with Crippen LogP contribution in [0.25, 0.3) is 0 Å². The molecule has 0 bridgehead atoms. The van der Waals surface area contributed by atoms with Crippen LogP contribution in [-0.4, -0.2) is 11.5 Å². The average Bonchev–Trinajstić information content (AvgIpc) is 2.40. The van der Waals surface area contributed by atoms with E-state index in [0.29, 0.717) is 5.82 Å². The molecular weight excluding hydrogens is 302 g/mol. The summed E-state index contributed by atoms with van der Waals surface area (Å²) in [6, 6.07) is 10.4. The van der Waals surface area contributed by atoms with Gasteiger partial charge in [-0.15, -0.1) is 0 Å². The van der Waals surface area contributed by atoms with Gasteiger partial charge in [-0.2, -0.15) is 0 Å². The second kappa shape index (κ2) is 6.17. The fourth-order valence-electron chi connectivity index (χ4n) is 2.07. The lowest BCUT2D eigenvalue weighted by Gasteiger charge is -2.20. The number of rotatable bonds is 4. The second-order valence-electron chi connectivity index (χ2n) is 4.48.